The molecule has 2 aliphatic rings. The Kier molecular flexibility index (Phi) is 5.81. The van der Waals surface area contributed by atoms with Gasteiger partial charge in [-0.05, 0) is 25.1 Å². The molecule has 0 aromatic carbocycles. The second-order valence-corrected chi connectivity index (χ2v) is 6.80. The van der Waals surface area contributed by atoms with Crippen LogP contribution in [0.25, 0.3) is 0 Å². The smallest absolute Gasteiger partial charge is 0.244 e. The molecule has 3 rings (SSSR count). The number of likely N-dealkylation sites (N-methyl/N-ethyl adjacent to an activating group) is 1. The van der Waals surface area contributed by atoms with Crippen LogP contribution >= 0.6 is 0 Å². The van der Waals surface area contributed by atoms with Gasteiger partial charge in [-0.3, -0.25) is 14.7 Å². The fourth-order valence-corrected chi connectivity index (χ4v) is 3.70. The van der Waals surface area contributed by atoms with Crippen molar-refractivity contribution in [2.24, 2.45) is 0 Å². The Labute approximate surface area is 144 Å². The lowest BCUT2D eigenvalue weighted by atomic mass is 10.0. The number of carbonyl (C=O) groups is 1. The maximum absolute atomic E-state index is 13.3. The molecule has 3 heterocycles. The van der Waals surface area contributed by atoms with Crippen molar-refractivity contribution in [3.63, 3.8) is 0 Å². The third-order valence-electron chi connectivity index (χ3n) is 5.13. The minimum absolute atomic E-state index is 0.212. The molecule has 1 aromatic rings. The standard InChI is InChI=1S/C18H29N5O/c1-3-21-9-11-22(12-10-21)18(24)17(16-5-4-6-19-13-16)23-8-7-20-15(2)14-23/h4-6,13,15,17,20H,3,7-12,14H2,1-2H3. The van der Waals surface area contributed by atoms with Gasteiger partial charge in [0.05, 0.1) is 0 Å². The van der Waals surface area contributed by atoms with Gasteiger partial charge < -0.3 is 15.1 Å². The summed E-state index contributed by atoms with van der Waals surface area (Å²) in [6, 6.07) is 4.15. The van der Waals surface area contributed by atoms with Crippen LogP contribution in [0.1, 0.15) is 25.5 Å². The Morgan fingerprint density at radius 3 is 2.75 bits per heavy atom. The van der Waals surface area contributed by atoms with E-state index in [2.05, 4.69) is 33.9 Å². The Morgan fingerprint density at radius 2 is 2.12 bits per heavy atom. The maximum atomic E-state index is 13.3. The van der Waals surface area contributed by atoms with Gasteiger partial charge in [-0.15, -0.1) is 0 Å². The first-order valence-corrected chi connectivity index (χ1v) is 9.07. The molecular weight excluding hydrogens is 302 g/mol. The van der Waals surface area contributed by atoms with E-state index in [1.165, 1.54) is 0 Å². The Bertz CT molecular complexity index is 529. The summed E-state index contributed by atoms with van der Waals surface area (Å²) in [5.74, 6) is 0.229. The van der Waals surface area contributed by atoms with Crippen LogP contribution in [-0.2, 0) is 4.79 Å². The number of piperazine rings is 2. The summed E-state index contributed by atoms with van der Waals surface area (Å²) >= 11 is 0. The predicted octanol–water partition coefficient (Wildman–Crippen LogP) is 0.581. The van der Waals surface area contributed by atoms with E-state index in [1.807, 2.05) is 23.2 Å². The summed E-state index contributed by atoms with van der Waals surface area (Å²) in [6.45, 7) is 11.7. The molecule has 0 spiro atoms. The molecule has 6 heteroatoms. The van der Waals surface area contributed by atoms with Gasteiger partial charge in [-0.1, -0.05) is 13.0 Å². The lowest BCUT2D eigenvalue weighted by Crippen LogP contribution is -2.56. The number of nitrogens with zero attached hydrogens (tertiary/aromatic N) is 4. The highest BCUT2D eigenvalue weighted by Crippen LogP contribution is 2.24. The average molecular weight is 331 g/mol. The molecule has 0 aliphatic carbocycles. The highest BCUT2D eigenvalue weighted by atomic mass is 16.2. The van der Waals surface area contributed by atoms with Gasteiger partial charge in [0.2, 0.25) is 5.91 Å². The zero-order valence-corrected chi connectivity index (χ0v) is 14.8. The van der Waals surface area contributed by atoms with Crippen molar-refractivity contribution in [3.05, 3.63) is 30.1 Å². The van der Waals surface area contributed by atoms with E-state index in [9.17, 15) is 4.79 Å². The minimum Gasteiger partial charge on any atom is -0.338 e. The largest absolute Gasteiger partial charge is 0.338 e. The van der Waals surface area contributed by atoms with Crippen molar-refractivity contribution >= 4 is 5.91 Å². The van der Waals surface area contributed by atoms with E-state index in [1.54, 1.807) is 6.20 Å². The minimum atomic E-state index is -0.212. The monoisotopic (exact) mass is 331 g/mol. The van der Waals surface area contributed by atoms with Crippen LogP contribution in [-0.4, -0.2) is 84.0 Å². The molecule has 1 aromatic heterocycles. The Hall–Kier alpha value is -1.50. The molecule has 0 bridgehead atoms. The van der Waals surface area contributed by atoms with E-state index in [-0.39, 0.29) is 11.9 Å². The molecule has 1 amide bonds. The van der Waals surface area contributed by atoms with Crippen LogP contribution in [0.5, 0.6) is 0 Å². The zero-order chi connectivity index (χ0) is 16.9. The Balaban J connectivity index is 1.78. The van der Waals surface area contributed by atoms with Gasteiger partial charge in [-0.2, -0.15) is 0 Å². The van der Waals surface area contributed by atoms with Crippen molar-refractivity contribution in [3.8, 4) is 0 Å². The quantitative estimate of drug-likeness (QED) is 0.875. The summed E-state index contributed by atoms with van der Waals surface area (Å²) in [5.41, 5.74) is 1.01. The van der Waals surface area contributed by atoms with Crippen molar-refractivity contribution < 1.29 is 4.79 Å². The maximum Gasteiger partial charge on any atom is 0.244 e. The van der Waals surface area contributed by atoms with E-state index < -0.39 is 0 Å². The number of rotatable bonds is 4. The highest BCUT2D eigenvalue weighted by Gasteiger charge is 2.34. The van der Waals surface area contributed by atoms with Crippen LogP contribution in [0, 0.1) is 0 Å². The lowest BCUT2D eigenvalue weighted by Gasteiger charge is -2.41. The highest BCUT2D eigenvalue weighted by molar-refractivity contribution is 5.83. The van der Waals surface area contributed by atoms with Crippen molar-refractivity contribution in [2.75, 3.05) is 52.4 Å². The average Bonchev–Trinajstić information content (AvgIpc) is 2.63. The number of hydrogen-bond acceptors (Lipinski definition) is 5. The van der Waals surface area contributed by atoms with Gasteiger partial charge in [0.1, 0.15) is 6.04 Å². The predicted molar refractivity (Wildman–Crippen MR) is 94.7 cm³/mol. The number of pyridine rings is 1. The second kappa shape index (κ2) is 8.05. The molecule has 2 fully saturated rings. The van der Waals surface area contributed by atoms with Crippen LogP contribution in [0.3, 0.4) is 0 Å². The molecule has 0 radical (unpaired) electrons. The normalized spacial score (nSPS) is 24.8. The van der Waals surface area contributed by atoms with Crippen LogP contribution in [0.2, 0.25) is 0 Å². The summed E-state index contributed by atoms with van der Waals surface area (Å²) in [7, 11) is 0. The molecule has 132 valence electrons. The molecule has 1 N–H and O–H groups in total. The number of nitrogens with one attached hydrogen (secondary N) is 1. The summed E-state index contributed by atoms with van der Waals surface area (Å²) < 4.78 is 0. The number of amides is 1. The number of aromatic nitrogens is 1. The third kappa shape index (κ3) is 3.94. The van der Waals surface area contributed by atoms with Crippen molar-refractivity contribution in [2.45, 2.75) is 25.9 Å². The second-order valence-electron chi connectivity index (χ2n) is 6.80. The molecule has 2 saturated heterocycles. The first kappa shape index (κ1) is 17.3. The summed E-state index contributed by atoms with van der Waals surface area (Å²) in [6.07, 6.45) is 3.61. The van der Waals surface area contributed by atoms with Crippen LogP contribution in [0.4, 0.5) is 0 Å². The Morgan fingerprint density at radius 1 is 1.33 bits per heavy atom. The van der Waals surface area contributed by atoms with Gasteiger partial charge in [0.25, 0.3) is 0 Å². The topological polar surface area (TPSA) is 51.7 Å². The summed E-state index contributed by atoms with van der Waals surface area (Å²) in [4.78, 5) is 24.3. The van der Waals surface area contributed by atoms with Gasteiger partial charge in [0.15, 0.2) is 0 Å². The fourth-order valence-electron chi connectivity index (χ4n) is 3.70. The first-order chi connectivity index (χ1) is 11.7. The molecule has 2 aliphatic heterocycles. The van der Waals surface area contributed by atoms with E-state index in [0.717, 1.165) is 57.9 Å². The van der Waals surface area contributed by atoms with E-state index >= 15 is 0 Å². The molecular formula is C18H29N5O. The van der Waals surface area contributed by atoms with E-state index in [0.29, 0.717) is 6.04 Å². The molecule has 2 unspecified atom stereocenters. The first-order valence-electron chi connectivity index (χ1n) is 9.07. The van der Waals surface area contributed by atoms with Crippen LogP contribution in [0.15, 0.2) is 24.5 Å². The van der Waals surface area contributed by atoms with Gasteiger partial charge in [0, 0.05) is 64.2 Å². The molecule has 2 atom stereocenters. The summed E-state index contributed by atoms with van der Waals surface area (Å²) in [5, 5.41) is 3.46. The SMILES string of the molecule is CCN1CCN(C(=O)C(c2cccnc2)N2CCNC(C)C2)CC1. The van der Waals surface area contributed by atoms with Gasteiger partial charge >= 0.3 is 0 Å². The van der Waals surface area contributed by atoms with Gasteiger partial charge in [-0.25, -0.2) is 0 Å². The van der Waals surface area contributed by atoms with E-state index in [4.69, 9.17) is 0 Å². The third-order valence-corrected chi connectivity index (χ3v) is 5.13. The zero-order valence-electron chi connectivity index (χ0n) is 14.8. The van der Waals surface area contributed by atoms with Crippen molar-refractivity contribution in [1.82, 2.24) is 25.0 Å². The lowest BCUT2D eigenvalue weighted by molar-refractivity contribution is -0.139. The van der Waals surface area contributed by atoms with Crippen molar-refractivity contribution in [1.29, 1.82) is 0 Å². The number of carbonyl (C=O) groups excluding carboxylic acids is 1. The van der Waals surface area contributed by atoms with Crippen LogP contribution < -0.4 is 5.32 Å². The molecule has 6 nitrogen and oxygen atoms in total. The number of hydrogen-bond donors (Lipinski definition) is 1. The fraction of sp³-hybridized carbons (Fsp3) is 0.667. The molecule has 24 heavy (non-hydrogen) atoms. The molecule has 0 saturated carbocycles.